The number of benzene rings is 2. The lowest BCUT2D eigenvalue weighted by Crippen LogP contribution is -2.40. The molecule has 0 spiro atoms. The van der Waals surface area contributed by atoms with E-state index >= 15 is 0 Å². The lowest BCUT2D eigenvalue weighted by atomic mass is 10.2. The number of ether oxygens (including phenoxy) is 1. The summed E-state index contributed by atoms with van der Waals surface area (Å²) in [6.07, 6.45) is 2.85. The van der Waals surface area contributed by atoms with Crippen LogP contribution in [-0.2, 0) is 4.79 Å². The van der Waals surface area contributed by atoms with Crippen molar-refractivity contribution in [2.24, 2.45) is 0 Å². The Bertz CT molecular complexity index is 722. The molecule has 0 heterocycles. The van der Waals surface area contributed by atoms with Crippen LogP contribution in [0.3, 0.4) is 0 Å². The summed E-state index contributed by atoms with van der Waals surface area (Å²) < 4.78 is 5.29. The standard InChI is InChI=1S/C18H18N2O4/c1-2-24-16-10-6-14(7-11-16)18(23)20-19-17(22)12-5-13-3-8-15(21)9-4-13/h3-12,21H,2H2,1H3,(H,19,22)(H,20,23)/b12-5+. The predicted molar refractivity (Wildman–Crippen MR) is 90.4 cm³/mol. The first-order valence-electron chi connectivity index (χ1n) is 7.39. The summed E-state index contributed by atoms with van der Waals surface area (Å²) in [6.45, 7) is 2.43. The smallest absolute Gasteiger partial charge is 0.269 e. The van der Waals surface area contributed by atoms with Crippen molar-refractivity contribution in [2.45, 2.75) is 6.92 Å². The maximum atomic E-state index is 11.9. The first-order valence-corrected chi connectivity index (χ1v) is 7.39. The fourth-order valence-electron chi connectivity index (χ4n) is 1.86. The molecule has 0 saturated carbocycles. The maximum Gasteiger partial charge on any atom is 0.269 e. The Kier molecular flexibility index (Phi) is 5.96. The van der Waals surface area contributed by atoms with Crippen LogP contribution in [0.25, 0.3) is 6.08 Å². The SMILES string of the molecule is CCOc1ccc(C(=O)NNC(=O)/C=C/c2ccc(O)cc2)cc1. The van der Waals surface area contributed by atoms with Crippen molar-refractivity contribution in [2.75, 3.05) is 6.61 Å². The number of nitrogens with one attached hydrogen (secondary N) is 2. The summed E-state index contributed by atoms with van der Waals surface area (Å²) in [5.41, 5.74) is 5.78. The van der Waals surface area contributed by atoms with Crippen molar-refractivity contribution in [3.63, 3.8) is 0 Å². The lowest BCUT2D eigenvalue weighted by Gasteiger charge is -2.06. The molecular formula is C18H18N2O4. The van der Waals surface area contributed by atoms with Gasteiger partial charge in [-0.05, 0) is 55.0 Å². The highest BCUT2D eigenvalue weighted by molar-refractivity contribution is 5.97. The number of hydrogen-bond acceptors (Lipinski definition) is 4. The average Bonchev–Trinajstić information content (AvgIpc) is 2.60. The van der Waals surface area contributed by atoms with Gasteiger partial charge in [0.05, 0.1) is 6.61 Å². The second-order valence-corrected chi connectivity index (χ2v) is 4.83. The van der Waals surface area contributed by atoms with Crippen molar-refractivity contribution in [3.05, 3.63) is 65.7 Å². The Balaban J connectivity index is 1.84. The molecule has 0 unspecified atom stereocenters. The molecule has 0 aliphatic rings. The van der Waals surface area contributed by atoms with Gasteiger partial charge in [0.25, 0.3) is 11.8 Å². The molecule has 6 nitrogen and oxygen atoms in total. The van der Waals surface area contributed by atoms with Gasteiger partial charge in [0, 0.05) is 11.6 Å². The molecule has 0 aliphatic carbocycles. The highest BCUT2D eigenvalue weighted by Gasteiger charge is 2.06. The van der Waals surface area contributed by atoms with Gasteiger partial charge in [0.2, 0.25) is 0 Å². The summed E-state index contributed by atoms with van der Waals surface area (Å²) in [7, 11) is 0. The van der Waals surface area contributed by atoms with Crippen LogP contribution >= 0.6 is 0 Å². The van der Waals surface area contributed by atoms with Crippen LogP contribution in [0.1, 0.15) is 22.8 Å². The van der Waals surface area contributed by atoms with Gasteiger partial charge in [0.1, 0.15) is 11.5 Å². The highest BCUT2D eigenvalue weighted by Crippen LogP contribution is 2.12. The Morgan fingerprint density at radius 1 is 1.04 bits per heavy atom. The number of amides is 2. The lowest BCUT2D eigenvalue weighted by molar-refractivity contribution is -0.117. The Morgan fingerprint density at radius 3 is 2.33 bits per heavy atom. The molecule has 2 aromatic carbocycles. The van der Waals surface area contributed by atoms with E-state index in [1.807, 2.05) is 6.92 Å². The van der Waals surface area contributed by atoms with E-state index in [-0.39, 0.29) is 5.75 Å². The molecule has 0 aromatic heterocycles. The van der Waals surface area contributed by atoms with Gasteiger partial charge in [-0.1, -0.05) is 12.1 Å². The second-order valence-electron chi connectivity index (χ2n) is 4.83. The van der Waals surface area contributed by atoms with Gasteiger partial charge in [-0.25, -0.2) is 0 Å². The van der Waals surface area contributed by atoms with E-state index in [0.29, 0.717) is 17.9 Å². The molecule has 6 heteroatoms. The summed E-state index contributed by atoms with van der Waals surface area (Å²) in [5, 5.41) is 9.18. The van der Waals surface area contributed by atoms with E-state index in [0.717, 1.165) is 5.56 Å². The normalized spacial score (nSPS) is 10.4. The van der Waals surface area contributed by atoms with E-state index < -0.39 is 11.8 Å². The van der Waals surface area contributed by atoms with E-state index in [4.69, 9.17) is 4.74 Å². The number of carbonyl (C=O) groups is 2. The predicted octanol–water partition coefficient (Wildman–Crippen LogP) is 2.27. The van der Waals surface area contributed by atoms with Gasteiger partial charge in [0.15, 0.2) is 0 Å². The number of hydrogen-bond donors (Lipinski definition) is 3. The van der Waals surface area contributed by atoms with Crippen LogP contribution in [0, 0.1) is 0 Å². The first kappa shape index (κ1) is 17.1. The summed E-state index contributed by atoms with van der Waals surface area (Å²) in [4.78, 5) is 23.6. The Labute approximate surface area is 139 Å². The van der Waals surface area contributed by atoms with Crippen LogP contribution in [0.4, 0.5) is 0 Å². The molecule has 2 aromatic rings. The molecule has 0 radical (unpaired) electrons. The fourth-order valence-corrected chi connectivity index (χ4v) is 1.86. The van der Waals surface area contributed by atoms with Crippen LogP contribution < -0.4 is 15.6 Å². The minimum Gasteiger partial charge on any atom is -0.508 e. The van der Waals surface area contributed by atoms with Gasteiger partial charge in [-0.15, -0.1) is 0 Å². The first-order chi connectivity index (χ1) is 11.6. The third-order valence-corrected chi connectivity index (χ3v) is 3.05. The van der Waals surface area contributed by atoms with Crippen molar-refractivity contribution in [1.29, 1.82) is 0 Å². The van der Waals surface area contributed by atoms with Crippen LogP contribution in [0.15, 0.2) is 54.6 Å². The number of aromatic hydroxyl groups is 1. The molecule has 2 amide bonds. The third kappa shape index (κ3) is 5.17. The Hall–Kier alpha value is -3.28. The molecule has 3 N–H and O–H groups in total. The zero-order valence-corrected chi connectivity index (χ0v) is 13.2. The van der Waals surface area contributed by atoms with Crippen molar-refractivity contribution in [3.8, 4) is 11.5 Å². The number of phenols is 1. The quantitative estimate of drug-likeness (QED) is 0.581. The molecule has 0 atom stereocenters. The zero-order chi connectivity index (χ0) is 17.4. The minimum atomic E-state index is -0.470. The van der Waals surface area contributed by atoms with Gasteiger partial charge in [-0.2, -0.15) is 0 Å². The van der Waals surface area contributed by atoms with E-state index in [1.54, 1.807) is 42.5 Å². The van der Waals surface area contributed by atoms with Crippen LogP contribution in [-0.4, -0.2) is 23.5 Å². The number of rotatable bonds is 5. The van der Waals surface area contributed by atoms with Gasteiger partial charge < -0.3 is 9.84 Å². The van der Waals surface area contributed by atoms with Crippen LogP contribution in [0.5, 0.6) is 11.5 Å². The molecule has 124 valence electrons. The fraction of sp³-hybridized carbons (Fsp3) is 0.111. The average molecular weight is 326 g/mol. The summed E-state index contributed by atoms with van der Waals surface area (Å²) in [6, 6.07) is 13.0. The monoisotopic (exact) mass is 326 g/mol. The van der Waals surface area contributed by atoms with E-state index in [1.165, 1.54) is 18.2 Å². The number of phenolic OH excluding ortho intramolecular Hbond substituents is 1. The van der Waals surface area contributed by atoms with Gasteiger partial charge in [-0.3, -0.25) is 20.4 Å². The van der Waals surface area contributed by atoms with E-state index in [2.05, 4.69) is 10.9 Å². The third-order valence-electron chi connectivity index (χ3n) is 3.05. The van der Waals surface area contributed by atoms with E-state index in [9.17, 15) is 14.7 Å². The zero-order valence-electron chi connectivity index (χ0n) is 13.2. The summed E-state index contributed by atoms with van der Waals surface area (Å²) >= 11 is 0. The van der Waals surface area contributed by atoms with Gasteiger partial charge >= 0.3 is 0 Å². The summed E-state index contributed by atoms with van der Waals surface area (Å²) in [5.74, 6) is -0.0686. The van der Waals surface area contributed by atoms with Crippen molar-refractivity contribution in [1.82, 2.24) is 10.9 Å². The molecule has 0 aliphatic heterocycles. The number of carbonyl (C=O) groups excluding carboxylic acids is 2. The molecule has 2 rings (SSSR count). The van der Waals surface area contributed by atoms with Crippen molar-refractivity contribution < 1.29 is 19.4 Å². The van der Waals surface area contributed by atoms with Crippen molar-refractivity contribution >= 4 is 17.9 Å². The molecule has 0 fully saturated rings. The highest BCUT2D eigenvalue weighted by atomic mass is 16.5. The second kappa shape index (κ2) is 8.38. The Morgan fingerprint density at radius 2 is 1.71 bits per heavy atom. The van der Waals surface area contributed by atoms with Crippen LogP contribution in [0.2, 0.25) is 0 Å². The minimum absolute atomic E-state index is 0.152. The molecular weight excluding hydrogens is 308 g/mol. The molecule has 24 heavy (non-hydrogen) atoms. The topological polar surface area (TPSA) is 87.7 Å². The molecule has 0 saturated heterocycles. The molecule has 0 bridgehead atoms. The number of hydrazine groups is 1. The largest absolute Gasteiger partial charge is 0.508 e. The maximum absolute atomic E-state index is 11.9.